The first-order valence-corrected chi connectivity index (χ1v) is 7.85. The van der Waals surface area contributed by atoms with E-state index in [4.69, 9.17) is 14.6 Å². The van der Waals surface area contributed by atoms with E-state index >= 15 is 0 Å². The number of thioether (sulfide) groups is 1. The summed E-state index contributed by atoms with van der Waals surface area (Å²) in [6.07, 6.45) is 1.07. The molecule has 0 aliphatic heterocycles. The first-order chi connectivity index (χ1) is 8.62. The Labute approximate surface area is 121 Å². The molecule has 0 amide bonds. The molecule has 0 saturated heterocycles. The molecule has 0 unspecified atom stereocenters. The van der Waals surface area contributed by atoms with Crippen molar-refractivity contribution in [2.45, 2.75) is 58.7 Å². The molecule has 0 rings (SSSR count). The molecular weight excluding hydrogens is 264 g/mol. The smallest absolute Gasteiger partial charge is 0.304 e. The predicted molar refractivity (Wildman–Crippen MR) is 79.9 cm³/mol. The Balaban J connectivity index is 3.59. The summed E-state index contributed by atoms with van der Waals surface area (Å²) in [7, 11) is 0. The van der Waals surface area contributed by atoms with Gasteiger partial charge in [0, 0.05) is 18.1 Å². The van der Waals surface area contributed by atoms with Crippen molar-refractivity contribution in [1.82, 2.24) is 0 Å². The largest absolute Gasteiger partial charge is 0.481 e. The van der Waals surface area contributed by atoms with Gasteiger partial charge in [0.1, 0.15) is 0 Å². The van der Waals surface area contributed by atoms with Crippen molar-refractivity contribution in [3.05, 3.63) is 0 Å². The molecule has 1 N–H and O–H groups in total. The number of rotatable bonds is 10. The van der Waals surface area contributed by atoms with Crippen LogP contribution in [0.5, 0.6) is 0 Å². The normalized spacial score (nSPS) is 12.7. The molecular formula is C14H28O4S. The molecule has 0 aliphatic rings. The van der Waals surface area contributed by atoms with Crippen LogP contribution in [0.1, 0.15) is 47.5 Å². The number of hydrogen-bond donors (Lipinski definition) is 1. The zero-order valence-corrected chi connectivity index (χ0v) is 13.6. The SMILES string of the molecule is CC(C)(C)OCCC(C)(C)OCCSCCC(=O)O. The fourth-order valence-corrected chi connectivity index (χ4v) is 2.04. The average Bonchev–Trinajstić information content (AvgIpc) is 2.20. The summed E-state index contributed by atoms with van der Waals surface area (Å²) < 4.78 is 11.5. The zero-order valence-electron chi connectivity index (χ0n) is 12.8. The maximum Gasteiger partial charge on any atom is 0.304 e. The average molecular weight is 292 g/mol. The molecule has 0 bridgehead atoms. The maximum atomic E-state index is 10.3. The summed E-state index contributed by atoms with van der Waals surface area (Å²) in [5.41, 5.74) is -0.304. The second kappa shape index (κ2) is 8.82. The first-order valence-electron chi connectivity index (χ1n) is 6.70. The third-order valence-electron chi connectivity index (χ3n) is 2.42. The highest BCUT2D eigenvalue weighted by Gasteiger charge is 2.19. The molecule has 0 aromatic carbocycles. The fraction of sp³-hybridized carbons (Fsp3) is 0.929. The minimum Gasteiger partial charge on any atom is -0.481 e. The lowest BCUT2D eigenvalue weighted by atomic mass is 10.1. The van der Waals surface area contributed by atoms with Crippen molar-refractivity contribution in [2.75, 3.05) is 24.7 Å². The quantitative estimate of drug-likeness (QED) is 0.627. The molecule has 0 atom stereocenters. The van der Waals surface area contributed by atoms with Gasteiger partial charge in [-0.3, -0.25) is 4.79 Å². The molecule has 0 spiro atoms. The highest BCUT2D eigenvalue weighted by molar-refractivity contribution is 7.99. The van der Waals surface area contributed by atoms with E-state index in [0.29, 0.717) is 19.0 Å². The minimum absolute atomic E-state index is 0.108. The van der Waals surface area contributed by atoms with Crippen LogP contribution >= 0.6 is 11.8 Å². The second-order valence-electron chi connectivity index (χ2n) is 6.08. The van der Waals surface area contributed by atoms with Crippen LogP contribution in [-0.2, 0) is 14.3 Å². The van der Waals surface area contributed by atoms with Crippen LogP contribution in [0.2, 0.25) is 0 Å². The molecule has 0 fully saturated rings. The lowest BCUT2D eigenvalue weighted by Crippen LogP contribution is -2.30. The third kappa shape index (κ3) is 14.0. The van der Waals surface area contributed by atoms with Gasteiger partial charge in [0.05, 0.1) is 24.2 Å². The zero-order chi connectivity index (χ0) is 14.9. The van der Waals surface area contributed by atoms with Gasteiger partial charge >= 0.3 is 5.97 Å². The monoisotopic (exact) mass is 292 g/mol. The van der Waals surface area contributed by atoms with E-state index in [9.17, 15) is 4.79 Å². The Kier molecular flexibility index (Phi) is 8.70. The maximum absolute atomic E-state index is 10.3. The Bertz CT molecular complexity index is 259. The van der Waals surface area contributed by atoms with Crippen molar-refractivity contribution in [1.29, 1.82) is 0 Å². The van der Waals surface area contributed by atoms with Crippen LogP contribution in [0.4, 0.5) is 0 Å². The van der Waals surface area contributed by atoms with E-state index in [0.717, 1.165) is 12.2 Å². The van der Waals surface area contributed by atoms with Gasteiger partial charge < -0.3 is 14.6 Å². The van der Waals surface area contributed by atoms with Crippen molar-refractivity contribution in [3.8, 4) is 0 Å². The molecule has 0 heterocycles. The van der Waals surface area contributed by atoms with Gasteiger partial charge in [0.25, 0.3) is 0 Å². The summed E-state index contributed by atoms with van der Waals surface area (Å²) in [6, 6.07) is 0. The molecule has 5 heteroatoms. The van der Waals surface area contributed by atoms with E-state index in [2.05, 4.69) is 13.8 Å². The van der Waals surface area contributed by atoms with Crippen molar-refractivity contribution >= 4 is 17.7 Å². The molecule has 19 heavy (non-hydrogen) atoms. The fourth-order valence-electron chi connectivity index (χ4n) is 1.31. The lowest BCUT2D eigenvalue weighted by molar-refractivity contribution is -0.136. The molecule has 114 valence electrons. The Morgan fingerprint density at radius 2 is 1.68 bits per heavy atom. The van der Waals surface area contributed by atoms with Gasteiger partial charge in [-0.15, -0.1) is 0 Å². The van der Waals surface area contributed by atoms with Gasteiger partial charge in [0.15, 0.2) is 0 Å². The van der Waals surface area contributed by atoms with Gasteiger partial charge in [0.2, 0.25) is 0 Å². The summed E-state index contributed by atoms with van der Waals surface area (Å²) in [6.45, 7) is 11.6. The Morgan fingerprint density at radius 1 is 1.05 bits per heavy atom. The van der Waals surface area contributed by atoms with E-state index < -0.39 is 5.97 Å². The van der Waals surface area contributed by atoms with Crippen molar-refractivity contribution < 1.29 is 19.4 Å². The third-order valence-corrected chi connectivity index (χ3v) is 3.37. The van der Waals surface area contributed by atoms with E-state index in [1.165, 1.54) is 0 Å². The van der Waals surface area contributed by atoms with Crippen LogP contribution in [-0.4, -0.2) is 47.0 Å². The van der Waals surface area contributed by atoms with Crippen LogP contribution < -0.4 is 0 Å². The van der Waals surface area contributed by atoms with Gasteiger partial charge in [-0.25, -0.2) is 0 Å². The number of carboxylic acids is 1. The molecule has 4 nitrogen and oxygen atoms in total. The van der Waals surface area contributed by atoms with E-state index in [1.807, 2.05) is 20.8 Å². The Morgan fingerprint density at radius 3 is 2.21 bits per heavy atom. The first kappa shape index (κ1) is 18.7. The summed E-state index contributed by atoms with van der Waals surface area (Å²) in [4.78, 5) is 10.3. The van der Waals surface area contributed by atoms with Crippen LogP contribution in [0, 0.1) is 0 Å². The number of hydrogen-bond acceptors (Lipinski definition) is 4. The number of ether oxygens (including phenoxy) is 2. The van der Waals surface area contributed by atoms with Gasteiger partial charge in [-0.05, 0) is 41.0 Å². The van der Waals surface area contributed by atoms with Crippen LogP contribution in [0.15, 0.2) is 0 Å². The van der Waals surface area contributed by atoms with E-state index in [1.54, 1.807) is 11.8 Å². The molecule has 0 saturated carbocycles. The van der Waals surface area contributed by atoms with Gasteiger partial charge in [-0.2, -0.15) is 11.8 Å². The second-order valence-corrected chi connectivity index (χ2v) is 7.30. The molecule has 0 aromatic heterocycles. The predicted octanol–water partition coefficient (Wildman–Crippen LogP) is 3.19. The highest BCUT2D eigenvalue weighted by atomic mass is 32.2. The summed E-state index contributed by atoms with van der Waals surface area (Å²) >= 11 is 1.61. The van der Waals surface area contributed by atoms with Crippen molar-refractivity contribution in [3.63, 3.8) is 0 Å². The number of carboxylic acid groups (broad SMARTS) is 1. The number of aliphatic carboxylic acids is 1. The van der Waals surface area contributed by atoms with E-state index in [-0.39, 0.29) is 17.6 Å². The lowest BCUT2D eigenvalue weighted by Gasteiger charge is -2.27. The molecule has 0 radical (unpaired) electrons. The molecule has 0 aromatic rings. The summed E-state index contributed by atoms with van der Waals surface area (Å²) in [5.74, 6) is 0.733. The Hall–Kier alpha value is -0.260. The van der Waals surface area contributed by atoms with Gasteiger partial charge in [-0.1, -0.05) is 0 Å². The standard InChI is InChI=1S/C14H28O4S/c1-13(2,3)17-8-7-14(4,5)18-9-11-19-10-6-12(15)16/h6-11H2,1-5H3,(H,15,16). The minimum atomic E-state index is -0.743. The van der Waals surface area contributed by atoms with Crippen LogP contribution in [0.25, 0.3) is 0 Å². The molecule has 0 aliphatic carbocycles. The number of carbonyl (C=O) groups is 1. The highest BCUT2D eigenvalue weighted by Crippen LogP contribution is 2.17. The van der Waals surface area contributed by atoms with Crippen LogP contribution in [0.3, 0.4) is 0 Å². The topological polar surface area (TPSA) is 55.8 Å². The summed E-state index contributed by atoms with van der Waals surface area (Å²) in [5, 5.41) is 8.50. The van der Waals surface area contributed by atoms with Crippen molar-refractivity contribution in [2.24, 2.45) is 0 Å².